The van der Waals surface area contributed by atoms with Crippen LogP contribution in [0.2, 0.25) is 0 Å². The summed E-state index contributed by atoms with van der Waals surface area (Å²) >= 11 is 0. The summed E-state index contributed by atoms with van der Waals surface area (Å²) in [5, 5.41) is 22.6. The van der Waals surface area contributed by atoms with Crippen LogP contribution >= 0.6 is 0 Å². The number of benzene rings is 1. The maximum absolute atomic E-state index is 12.1. The molecule has 4 heterocycles. The van der Waals surface area contributed by atoms with Crippen LogP contribution in [0.15, 0.2) is 36.7 Å². The number of rotatable bonds is 4. The molecule has 4 N–H and O–H groups in total. The minimum atomic E-state index is -0.389. The third-order valence-corrected chi connectivity index (χ3v) is 5.10. The average Bonchev–Trinajstić information content (AvgIpc) is 3.33. The molecular formula is C19H19N7O2. The van der Waals surface area contributed by atoms with Crippen LogP contribution in [0.1, 0.15) is 6.42 Å². The van der Waals surface area contributed by atoms with Crippen LogP contribution in [0.5, 0.6) is 0 Å². The summed E-state index contributed by atoms with van der Waals surface area (Å²) in [5.41, 5.74) is 9.46. The van der Waals surface area contributed by atoms with E-state index < -0.39 is 0 Å². The largest absolute Gasteiger partial charge is 0.389 e. The number of hydrogen-bond acceptors (Lipinski definition) is 6. The van der Waals surface area contributed by atoms with Gasteiger partial charge in [-0.3, -0.25) is 14.6 Å². The number of nitrogen functional groups attached to an aromatic ring is 1. The van der Waals surface area contributed by atoms with Crippen LogP contribution in [0.4, 0.5) is 5.82 Å². The van der Waals surface area contributed by atoms with Crippen molar-refractivity contribution in [3.63, 3.8) is 0 Å². The fraction of sp³-hybridized carbons (Fsp3) is 0.263. The number of nitrogens with two attached hydrogens (primary N) is 1. The van der Waals surface area contributed by atoms with Crippen molar-refractivity contribution < 1.29 is 9.90 Å². The molecule has 0 aliphatic carbocycles. The lowest BCUT2D eigenvalue weighted by atomic mass is 10.1. The van der Waals surface area contributed by atoms with Crippen LogP contribution in [-0.4, -0.2) is 60.1 Å². The van der Waals surface area contributed by atoms with Crippen molar-refractivity contribution in [2.24, 2.45) is 0 Å². The van der Waals surface area contributed by atoms with Gasteiger partial charge in [0.15, 0.2) is 0 Å². The minimum absolute atomic E-state index is 0.0180. The molecule has 0 spiro atoms. The molecule has 9 nitrogen and oxygen atoms in total. The number of hydrogen-bond donors (Lipinski definition) is 3. The molecule has 1 fully saturated rings. The second kappa shape index (κ2) is 6.31. The first-order chi connectivity index (χ1) is 13.6. The van der Waals surface area contributed by atoms with E-state index in [9.17, 15) is 9.90 Å². The molecule has 3 aromatic heterocycles. The topological polar surface area (TPSA) is 126 Å². The Morgan fingerprint density at radius 1 is 1.29 bits per heavy atom. The van der Waals surface area contributed by atoms with E-state index >= 15 is 0 Å². The maximum atomic E-state index is 12.1. The summed E-state index contributed by atoms with van der Waals surface area (Å²) in [7, 11) is 0. The monoisotopic (exact) mass is 377 g/mol. The van der Waals surface area contributed by atoms with Gasteiger partial charge in [-0.2, -0.15) is 10.2 Å². The molecule has 0 radical (unpaired) electrons. The van der Waals surface area contributed by atoms with Crippen LogP contribution in [0.3, 0.4) is 0 Å². The molecular weight excluding hydrogens is 358 g/mol. The van der Waals surface area contributed by atoms with Crippen molar-refractivity contribution in [3.8, 4) is 11.3 Å². The minimum Gasteiger partial charge on any atom is -0.389 e. The van der Waals surface area contributed by atoms with Crippen LogP contribution < -0.4 is 5.73 Å². The highest BCUT2D eigenvalue weighted by atomic mass is 16.3. The van der Waals surface area contributed by atoms with Gasteiger partial charge in [0.05, 0.1) is 22.7 Å². The molecule has 1 saturated heterocycles. The predicted molar refractivity (Wildman–Crippen MR) is 104 cm³/mol. The van der Waals surface area contributed by atoms with Gasteiger partial charge >= 0.3 is 0 Å². The number of aromatic amines is 1. The van der Waals surface area contributed by atoms with E-state index in [1.165, 1.54) is 0 Å². The lowest BCUT2D eigenvalue weighted by Gasteiger charge is -2.35. The number of carbonyl (C=O) groups is 1. The molecule has 9 heteroatoms. The smallest absolute Gasteiger partial charge is 0.224 e. The Morgan fingerprint density at radius 2 is 2.14 bits per heavy atom. The van der Waals surface area contributed by atoms with Gasteiger partial charge in [-0.05, 0) is 18.2 Å². The van der Waals surface area contributed by atoms with Gasteiger partial charge in [-0.15, -0.1) is 0 Å². The average molecular weight is 377 g/mol. The number of anilines is 1. The number of fused-ring (bicyclic) bond motifs is 3. The number of β-amino-alcohol motifs (C(OH)–C–C–N with tert-alkyl or cyclic N) is 1. The Kier molecular flexibility index (Phi) is 3.76. The summed E-state index contributed by atoms with van der Waals surface area (Å²) in [6.07, 6.45) is 3.54. The number of nitrogens with one attached hydrogen (secondary N) is 1. The SMILES string of the molecule is Nc1nc2cc(-c3cc[nH]n3)ccc2c2nn(CCC(=O)N3CC(O)C3)cc12. The highest BCUT2D eigenvalue weighted by Crippen LogP contribution is 2.29. The van der Waals surface area contributed by atoms with Crippen molar-refractivity contribution in [1.82, 2.24) is 29.9 Å². The van der Waals surface area contributed by atoms with Crippen LogP contribution in [0, 0.1) is 0 Å². The number of pyridine rings is 1. The van der Waals surface area contributed by atoms with Crippen molar-refractivity contribution in [3.05, 3.63) is 36.7 Å². The fourth-order valence-electron chi connectivity index (χ4n) is 3.54. The number of aliphatic hydroxyl groups excluding tert-OH is 1. The van der Waals surface area contributed by atoms with Gasteiger partial charge < -0.3 is 15.7 Å². The maximum Gasteiger partial charge on any atom is 0.224 e. The Balaban J connectivity index is 1.45. The molecule has 1 aliphatic heterocycles. The lowest BCUT2D eigenvalue weighted by molar-refractivity contribution is -0.141. The highest BCUT2D eigenvalue weighted by molar-refractivity contribution is 6.08. The number of nitrogens with zero attached hydrogens (tertiary/aromatic N) is 5. The van der Waals surface area contributed by atoms with Gasteiger partial charge in [0.1, 0.15) is 11.3 Å². The predicted octanol–water partition coefficient (Wildman–Crippen LogP) is 1.15. The molecule has 0 atom stereocenters. The van der Waals surface area contributed by atoms with Crippen molar-refractivity contribution in [2.75, 3.05) is 18.8 Å². The number of likely N-dealkylation sites (tertiary alicyclic amines) is 1. The van der Waals surface area contributed by atoms with Crippen LogP contribution in [0.25, 0.3) is 33.1 Å². The molecule has 1 aromatic carbocycles. The normalized spacial score (nSPS) is 14.7. The van der Waals surface area contributed by atoms with Gasteiger partial charge in [0.25, 0.3) is 0 Å². The second-order valence-electron chi connectivity index (χ2n) is 7.05. The van der Waals surface area contributed by atoms with E-state index in [1.807, 2.05) is 30.5 Å². The number of aryl methyl sites for hydroxylation is 1. The van der Waals surface area contributed by atoms with Gasteiger partial charge in [0, 0.05) is 49.4 Å². The number of amides is 1. The molecule has 28 heavy (non-hydrogen) atoms. The van der Waals surface area contributed by atoms with E-state index in [0.717, 1.165) is 33.1 Å². The number of aliphatic hydroxyl groups is 1. The summed E-state index contributed by atoms with van der Waals surface area (Å²) in [6, 6.07) is 7.79. The summed E-state index contributed by atoms with van der Waals surface area (Å²) in [4.78, 5) is 18.3. The Hall–Kier alpha value is -3.46. The third kappa shape index (κ3) is 2.76. The molecule has 0 bridgehead atoms. The van der Waals surface area contributed by atoms with Gasteiger partial charge in [-0.1, -0.05) is 6.07 Å². The Bertz CT molecular complexity index is 1180. The van der Waals surface area contributed by atoms with Gasteiger partial charge in [-0.25, -0.2) is 4.98 Å². The number of H-pyrrole nitrogens is 1. The molecule has 4 aromatic rings. The van der Waals surface area contributed by atoms with E-state index in [1.54, 1.807) is 15.8 Å². The molecule has 1 amide bonds. The Labute approximate surface area is 159 Å². The zero-order valence-electron chi connectivity index (χ0n) is 15.0. The first kappa shape index (κ1) is 16.7. The van der Waals surface area contributed by atoms with E-state index in [4.69, 9.17) is 5.73 Å². The zero-order chi connectivity index (χ0) is 19.3. The second-order valence-corrected chi connectivity index (χ2v) is 7.05. The van der Waals surface area contributed by atoms with Crippen LogP contribution in [-0.2, 0) is 11.3 Å². The number of carbonyl (C=O) groups excluding carboxylic acids is 1. The summed E-state index contributed by atoms with van der Waals surface area (Å²) in [5.74, 6) is 0.426. The molecule has 1 aliphatic rings. The van der Waals surface area contributed by atoms with Crippen molar-refractivity contribution in [1.29, 1.82) is 0 Å². The van der Waals surface area contributed by atoms with E-state index in [-0.39, 0.29) is 12.0 Å². The highest BCUT2D eigenvalue weighted by Gasteiger charge is 2.28. The standard InChI is InChI=1S/C19H19N7O2/c20-19-14-10-26(6-4-17(28)25-8-12(27)9-25)24-18(14)13-2-1-11(7-16(13)22-19)15-3-5-21-23-15/h1-3,5,7,10,12,27H,4,6,8-9H2,(H2,20,22)(H,21,23). The first-order valence-electron chi connectivity index (χ1n) is 9.11. The molecule has 0 saturated carbocycles. The quantitative estimate of drug-likeness (QED) is 0.490. The first-order valence-corrected chi connectivity index (χ1v) is 9.11. The molecule has 5 rings (SSSR count). The van der Waals surface area contributed by atoms with Crippen molar-refractivity contribution >= 4 is 33.5 Å². The fourth-order valence-corrected chi connectivity index (χ4v) is 3.54. The third-order valence-electron chi connectivity index (χ3n) is 5.10. The van der Waals surface area contributed by atoms with Crippen molar-refractivity contribution in [2.45, 2.75) is 19.1 Å². The number of aromatic nitrogens is 5. The molecule has 142 valence electrons. The summed E-state index contributed by atoms with van der Waals surface area (Å²) < 4.78 is 1.73. The van der Waals surface area contributed by atoms with E-state index in [2.05, 4.69) is 20.3 Å². The zero-order valence-corrected chi connectivity index (χ0v) is 15.0. The van der Waals surface area contributed by atoms with E-state index in [0.29, 0.717) is 31.9 Å². The molecule has 0 unspecified atom stereocenters. The van der Waals surface area contributed by atoms with Gasteiger partial charge in [0.2, 0.25) is 5.91 Å². The Morgan fingerprint density at radius 3 is 2.89 bits per heavy atom. The lowest BCUT2D eigenvalue weighted by Crippen LogP contribution is -2.53. The summed E-state index contributed by atoms with van der Waals surface area (Å²) in [6.45, 7) is 1.28.